The molecule has 0 spiro atoms. The van der Waals surface area contributed by atoms with Gasteiger partial charge < -0.3 is 15.2 Å². The molecule has 0 bridgehead atoms. The number of ether oxygens (including phenoxy) is 1. The minimum atomic E-state index is -2.43. The second kappa shape index (κ2) is 7.55. The fraction of sp³-hybridized carbons (Fsp3) is 0.909. The minimum absolute atomic E-state index is 0.167. The molecule has 2 atom stereocenters. The van der Waals surface area contributed by atoms with Crippen molar-refractivity contribution in [3.8, 4) is 0 Å². The summed E-state index contributed by atoms with van der Waals surface area (Å²) >= 11 is 0. The van der Waals surface area contributed by atoms with Gasteiger partial charge in [-0.2, -0.15) is 0 Å². The highest BCUT2D eigenvalue weighted by Crippen LogP contribution is 2.24. The van der Waals surface area contributed by atoms with Crippen LogP contribution in [0.3, 0.4) is 0 Å². The molecule has 2 N–H and O–H groups in total. The molecule has 0 aromatic heterocycles. The summed E-state index contributed by atoms with van der Waals surface area (Å²) in [6.45, 7) is 0.187. The van der Waals surface area contributed by atoms with Crippen molar-refractivity contribution in [3.63, 3.8) is 0 Å². The Hall–Kier alpha value is -0.750. The quantitative estimate of drug-likeness (QED) is 0.673. The van der Waals surface area contributed by atoms with Gasteiger partial charge in [0.25, 0.3) is 6.43 Å². The third-order valence-corrected chi connectivity index (χ3v) is 2.95. The van der Waals surface area contributed by atoms with E-state index >= 15 is 0 Å². The molecule has 0 saturated heterocycles. The molecule has 0 heterocycles. The molecule has 6 heteroatoms. The summed E-state index contributed by atoms with van der Waals surface area (Å²) < 4.78 is 28.2. The van der Waals surface area contributed by atoms with Crippen LogP contribution in [0.25, 0.3) is 0 Å². The van der Waals surface area contributed by atoms with Crippen molar-refractivity contribution in [1.29, 1.82) is 0 Å². The SMILES string of the molecule is O=C(O)C1CCCC(NCCOCC(F)F)C1. The number of hydrogen-bond donors (Lipinski definition) is 2. The van der Waals surface area contributed by atoms with Gasteiger partial charge in [-0.25, -0.2) is 8.78 Å². The second-order valence-electron chi connectivity index (χ2n) is 4.32. The number of halogens is 2. The van der Waals surface area contributed by atoms with Crippen LogP contribution in [-0.2, 0) is 9.53 Å². The minimum Gasteiger partial charge on any atom is -0.481 e. The number of hydrogen-bond acceptors (Lipinski definition) is 3. The summed E-state index contributed by atoms with van der Waals surface area (Å²) in [5.74, 6) is -1.02. The second-order valence-corrected chi connectivity index (χ2v) is 4.32. The number of rotatable bonds is 7. The number of carboxylic acids is 1. The Morgan fingerprint density at radius 2 is 2.24 bits per heavy atom. The molecule has 4 nitrogen and oxygen atoms in total. The third kappa shape index (κ3) is 5.93. The van der Waals surface area contributed by atoms with Gasteiger partial charge in [0, 0.05) is 12.6 Å². The lowest BCUT2D eigenvalue weighted by atomic mass is 9.86. The van der Waals surface area contributed by atoms with E-state index in [4.69, 9.17) is 9.84 Å². The Morgan fingerprint density at radius 1 is 1.47 bits per heavy atom. The number of aliphatic carboxylic acids is 1. The van der Waals surface area contributed by atoms with Gasteiger partial charge in [0.15, 0.2) is 0 Å². The Bertz CT molecular complexity index is 239. The van der Waals surface area contributed by atoms with Crippen LogP contribution >= 0.6 is 0 Å². The molecule has 2 unspecified atom stereocenters. The molecule has 0 radical (unpaired) electrons. The van der Waals surface area contributed by atoms with Crippen molar-refractivity contribution in [3.05, 3.63) is 0 Å². The van der Waals surface area contributed by atoms with Crippen molar-refractivity contribution in [2.45, 2.75) is 38.2 Å². The van der Waals surface area contributed by atoms with Crippen LogP contribution in [0.15, 0.2) is 0 Å². The Labute approximate surface area is 99.3 Å². The van der Waals surface area contributed by atoms with Gasteiger partial charge in [0.05, 0.1) is 12.5 Å². The Balaban J connectivity index is 2.08. The van der Waals surface area contributed by atoms with E-state index in [0.717, 1.165) is 19.3 Å². The smallest absolute Gasteiger partial charge is 0.306 e. The molecule has 17 heavy (non-hydrogen) atoms. The highest BCUT2D eigenvalue weighted by atomic mass is 19.3. The fourth-order valence-electron chi connectivity index (χ4n) is 2.11. The first kappa shape index (κ1) is 14.3. The number of nitrogens with one attached hydrogen (secondary N) is 1. The zero-order valence-electron chi connectivity index (χ0n) is 9.70. The maximum Gasteiger partial charge on any atom is 0.306 e. The van der Waals surface area contributed by atoms with E-state index in [0.29, 0.717) is 13.0 Å². The van der Waals surface area contributed by atoms with E-state index in [2.05, 4.69) is 5.32 Å². The molecular formula is C11H19F2NO3. The molecule has 0 amide bonds. The molecular weight excluding hydrogens is 232 g/mol. The summed E-state index contributed by atoms with van der Waals surface area (Å²) in [7, 11) is 0. The van der Waals surface area contributed by atoms with Gasteiger partial charge in [-0.05, 0) is 19.3 Å². The molecule has 1 aliphatic rings. The third-order valence-electron chi connectivity index (χ3n) is 2.95. The summed E-state index contributed by atoms with van der Waals surface area (Å²) in [5, 5.41) is 12.0. The lowest BCUT2D eigenvalue weighted by molar-refractivity contribution is -0.143. The maximum atomic E-state index is 11.7. The van der Waals surface area contributed by atoms with E-state index in [9.17, 15) is 13.6 Å². The van der Waals surface area contributed by atoms with E-state index in [1.54, 1.807) is 0 Å². The monoisotopic (exact) mass is 251 g/mol. The van der Waals surface area contributed by atoms with E-state index in [-0.39, 0.29) is 18.6 Å². The first-order valence-electron chi connectivity index (χ1n) is 5.91. The molecule has 1 aliphatic carbocycles. The molecule has 1 rings (SSSR count). The number of alkyl halides is 2. The van der Waals surface area contributed by atoms with E-state index in [1.807, 2.05) is 0 Å². The molecule has 1 saturated carbocycles. The van der Waals surface area contributed by atoms with Crippen molar-refractivity contribution < 1.29 is 23.4 Å². The van der Waals surface area contributed by atoms with Gasteiger partial charge in [-0.3, -0.25) is 4.79 Å². The highest BCUT2D eigenvalue weighted by Gasteiger charge is 2.26. The standard InChI is InChI=1S/C11H19F2NO3/c12-10(13)7-17-5-4-14-9-3-1-2-8(6-9)11(15)16/h8-10,14H,1-7H2,(H,15,16). The molecule has 100 valence electrons. The summed E-state index contributed by atoms with van der Waals surface area (Å²) in [6.07, 6.45) is 0.756. The molecule has 0 aliphatic heterocycles. The van der Waals surface area contributed by atoms with Gasteiger partial charge in [-0.1, -0.05) is 6.42 Å². The Kier molecular flexibility index (Phi) is 6.36. The predicted octanol–water partition coefficient (Wildman–Crippen LogP) is 1.50. The summed E-state index contributed by atoms with van der Waals surface area (Å²) in [5.41, 5.74) is 0. The van der Waals surface area contributed by atoms with Crippen molar-refractivity contribution in [2.24, 2.45) is 5.92 Å². The van der Waals surface area contributed by atoms with Crippen LogP contribution in [0.1, 0.15) is 25.7 Å². The average molecular weight is 251 g/mol. The Morgan fingerprint density at radius 3 is 2.88 bits per heavy atom. The highest BCUT2D eigenvalue weighted by molar-refractivity contribution is 5.70. The van der Waals surface area contributed by atoms with Crippen LogP contribution < -0.4 is 5.32 Å². The lowest BCUT2D eigenvalue weighted by Gasteiger charge is -2.27. The maximum absolute atomic E-state index is 11.7. The van der Waals surface area contributed by atoms with E-state index in [1.165, 1.54) is 0 Å². The van der Waals surface area contributed by atoms with Gasteiger partial charge in [0.2, 0.25) is 0 Å². The average Bonchev–Trinajstić information content (AvgIpc) is 2.28. The zero-order chi connectivity index (χ0) is 12.7. The molecule has 0 aromatic carbocycles. The van der Waals surface area contributed by atoms with Gasteiger partial charge >= 0.3 is 5.97 Å². The number of carboxylic acid groups (broad SMARTS) is 1. The fourth-order valence-corrected chi connectivity index (χ4v) is 2.11. The molecule has 1 fully saturated rings. The van der Waals surface area contributed by atoms with Crippen molar-refractivity contribution in [1.82, 2.24) is 5.32 Å². The van der Waals surface area contributed by atoms with Crippen molar-refractivity contribution in [2.75, 3.05) is 19.8 Å². The normalized spacial score (nSPS) is 25.1. The van der Waals surface area contributed by atoms with Crippen molar-refractivity contribution >= 4 is 5.97 Å². The van der Waals surface area contributed by atoms with E-state index < -0.39 is 19.0 Å². The van der Waals surface area contributed by atoms with Crippen LogP contribution in [-0.4, -0.2) is 43.3 Å². The predicted molar refractivity (Wildman–Crippen MR) is 58.2 cm³/mol. The van der Waals surface area contributed by atoms with Crippen LogP contribution in [0.2, 0.25) is 0 Å². The lowest BCUT2D eigenvalue weighted by Crippen LogP contribution is -2.38. The van der Waals surface area contributed by atoms with Crippen LogP contribution in [0.4, 0.5) is 8.78 Å². The topological polar surface area (TPSA) is 58.6 Å². The van der Waals surface area contributed by atoms with Gasteiger partial charge in [-0.15, -0.1) is 0 Å². The largest absolute Gasteiger partial charge is 0.481 e. The summed E-state index contributed by atoms with van der Waals surface area (Å²) in [6, 6.07) is 0.167. The first-order chi connectivity index (χ1) is 8.09. The van der Waals surface area contributed by atoms with Gasteiger partial charge in [0.1, 0.15) is 6.61 Å². The summed E-state index contributed by atoms with van der Waals surface area (Å²) in [4.78, 5) is 10.8. The zero-order valence-corrected chi connectivity index (χ0v) is 9.70. The first-order valence-corrected chi connectivity index (χ1v) is 5.91. The van der Waals surface area contributed by atoms with Crippen LogP contribution in [0, 0.1) is 5.92 Å². The van der Waals surface area contributed by atoms with Crippen LogP contribution in [0.5, 0.6) is 0 Å². The number of carbonyl (C=O) groups is 1. The molecule has 0 aromatic rings.